The number of carbonyl (C=O) groups is 1. The van der Waals surface area contributed by atoms with Gasteiger partial charge in [0, 0.05) is 12.1 Å². The van der Waals surface area contributed by atoms with Crippen LogP contribution < -0.4 is 4.90 Å². The summed E-state index contributed by atoms with van der Waals surface area (Å²) in [5.41, 5.74) is 0.232. The highest BCUT2D eigenvalue weighted by Gasteiger charge is 2.42. The second-order valence-corrected chi connectivity index (χ2v) is 5.34. The van der Waals surface area contributed by atoms with Gasteiger partial charge in [-0.15, -0.1) is 0 Å². The largest absolute Gasteiger partial charge is 0.481 e. The van der Waals surface area contributed by atoms with Gasteiger partial charge >= 0.3 is 5.97 Å². The molecule has 98 valence electrons. The number of rotatable bonds is 3. The molecule has 1 fully saturated rings. The molecule has 4 heteroatoms. The van der Waals surface area contributed by atoms with E-state index in [1.807, 2.05) is 18.7 Å². The molecule has 0 spiro atoms. The second-order valence-electron chi connectivity index (χ2n) is 5.34. The van der Waals surface area contributed by atoms with Gasteiger partial charge in [0.15, 0.2) is 0 Å². The first-order chi connectivity index (χ1) is 8.43. The highest BCUT2D eigenvalue weighted by Crippen LogP contribution is 2.40. The van der Waals surface area contributed by atoms with Crippen molar-refractivity contribution in [3.8, 4) is 0 Å². The molecule has 18 heavy (non-hydrogen) atoms. The summed E-state index contributed by atoms with van der Waals surface area (Å²) in [4.78, 5) is 12.8. The van der Waals surface area contributed by atoms with Crippen molar-refractivity contribution in [1.82, 2.24) is 0 Å². The summed E-state index contributed by atoms with van der Waals surface area (Å²) in [5.74, 6) is -0.986. The number of carboxylic acids is 1. The molecule has 0 bridgehead atoms. The zero-order valence-electron chi connectivity index (χ0n) is 10.7. The molecule has 0 aromatic heterocycles. The molecule has 1 aliphatic heterocycles. The molecule has 1 saturated heterocycles. The lowest BCUT2D eigenvalue weighted by molar-refractivity contribution is -0.138. The predicted molar refractivity (Wildman–Crippen MR) is 68.2 cm³/mol. The van der Waals surface area contributed by atoms with E-state index in [9.17, 15) is 9.18 Å². The Balaban J connectivity index is 2.27. The summed E-state index contributed by atoms with van der Waals surface area (Å²) < 4.78 is 13.8. The maximum Gasteiger partial charge on any atom is 0.303 e. The fraction of sp³-hybridized carbons (Fsp3) is 0.500. The standard InChI is InChI=1S/C14H18FNO2/c1-14(2)10(9-13(17)18)7-8-16(14)12-6-4-3-5-11(12)15/h3-6,10H,7-9H2,1-2H3,(H,17,18). The summed E-state index contributed by atoms with van der Waals surface area (Å²) in [7, 11) is 0. The van der Waals surface area contributed by atoms with Crippen LogP contribution in [0.15, 0.2) is 24.3 Å². The lowest BCUT2D eigenvalue weighted by Crippen LogP contribution is -2.43. The monoisotopic (exact) mass is 251 g/mol. The molecule has 1 N–H and O–H groups in total. The number of carboxylic acid groups (broad SMARTS) is 1. The van der Waals surface area contributed by atoms with E-state index in [1.165, 1.54) is 6.07 Å². The van der Waals surface area contributed by atoms with Gasteiger partial charge in [0.1, 0.15) is 5.82 Å². The maximum atomic E-state index is 13.8. The third kappa shape index (κ3) is 2.19. The van der Waals surface area contributed by atoms with Gasteiger partial charge in [0.25, 0.3) is 0 Å². The van der Waals surface area contributed by atoms with Crippen molar-refractivity contribution in [2.45, 2.75) is 32.2 Å². The van der Waals surface area contributed by atoms with Gasteiger partial charge in [0.05, 0.1) is 12.1 Å². The number of aliphatic carboxylic acids is 1. The minimum Gasteiger partial charge on any atom is -0.481 e. The third-order valence-electron chi connectivity index (χ3n) is 3.96. The van der Waals surface area contributed by atoms with Crippen LogP contribution in [0.25, 0.3) is 0 Å². The highest BCUT2D eigenvalue weighted by molar-refractivity contribution is 5.68. The molecule has 0 radical (unpaired) electrons. The Labute approximate surface area is 106 Å². The van der Waals surface area contributed by atoms with Gasteiger partial charge in [-0.25, -0.2) is 4.39 Å². The topological polar surface area (TPSA) is 40.5 Å². The first kappa shape index (κ1) is 12.9. The smallest absolute Gasteiger partial charge is 0.303 e. The zero-order valence-corrected chi connectivity index (χ0v) is 10.7. The lowest BCUT2D eigenvalue weighted by Gasteiger charge is -2.37. The van der Waals surface area contributed by atoms with Crippen molar-refractivity contribution < 1.29 is 14.3 Å². The Bertz CT molecular complexity index is 459. The van der Waals surface area contributed by atoms with Crippen molar-refractivity contribution in [3.05, 3.63) is 30.1 Å². The minimum absolute atomic E-state index is 0.0506. The normalized spacial score (nSPS) is 22.2. The number of anilines is 1. The molecule has 1 heterocycles. The van der Waals surface area contributed by atoms with Gasteiger partial charge in [-0.2, -0.15) is 0 Å². The van der Waals surface area contributed by atoms with Crippen LogP contribution in [0.1, 0.15) is 26.7 Å². The van der Waals surface area contributed by atoms with Gasteiger partial charge in [-0.1, -0.05) is 12.1 Å². The van der Waals surface area contributed by atoms with Crippen molar-refractivity contribution in [1.29, 1.82) is 0 Å². The fourth-order valence-corrected chi connectivity index (χ4v) is 2.81. The van der Waals surface area contributed by atoms with Crippen LogP contribution in [-0.2, 0) is 4.79 Å². The van der Waals surface area contributed by atoms with Crippen LogP contribution in [0.3, 0.4) is 0 Å². The minimum atomic E-state index is -0.788. The lowest BCUT2D eigenvalue weighted by atomic mass is 9.85. The van der Waals surface area contributed by atoms with E-state index in [4.69, 9.17) is 5.11 Å². The van der Waals surface area contributed by atoms with Crippen LogP contribution in [0, 0.1) is 11.7 Å². The fourth-order valence-electron chi connectivity index (χ4n) is 2.81. The molecule has 1 aromatic carbocycles. The first-order valence-electron chi connectivity index (χ1n) is 6.17. The quantitative estimate of drug-likeness (QED) is 0.898. The third-order valence-corrected chi connectivity index (χ3v) is 3.96. The number of benzene rings is 1. The van der Waals surface area contributed by atoms with E-state index in [0.717, 1.165) is 6.42 Å². The summed E-state index contributed by atoms with van der Waals surface area (Å²) in [5, 5.41) is 8.92. The predicted octanol–water partition coefficient (Wildman–Crippen LogP) is 2.91. The van der Waals surface area contributed by atoms with Crippen LogP contribution in [0.2, 0.25) is 0 Å². The molecule has 1 unspecified atom stereocenters. The summed E-state index contributed by atoms with van der Waals surface area (Å²) in [6.45, 7) is 4.67. The van der Waals surface area contributed by atoms with Crippen molar-refractivity contribution in [2.24, 2.45) is 5.92 Å². The summed E-state index contributed by atoms with van der Waals surface area (Å²) >= 11 is 0. The van der Waals surface area contributed by atoms with Crippen molar-refractivity contribution >= 4 is 11.7 Å². The van der Waals surface area contributed by atoms with Crippen LogP contribution in [-0.4, -0.2) is 23.2 Å². The molecular weight excluding hydrogens is 233 g/mol. The summed E-state index contributed by atoms with van der Waals surface area (Å²) in [6.07, 6.45) is 0.922. The molecule has 0 saturated carbocycles. The van der Waals surface area contributed by atoms with Crippen LogP contribution >= 0.6 is 0 Å². The molecule has 1 aliphatic rings. The molecule has 2 rings (SSSR count). The Morgan fingerprint density at radius 2 is 2.17 bits per heavy atom. The Kier molecular flexibility index (Phi) is 3.28. The van der Waals surface area contributed by atoms with Gasteiger partial charge in [-0.05, 0) is 38.3 Å². The van der Waals surface area contributed by atoms with E-state index < -0.39 is 5.97 Å². The number of halogens is 1. The molecule has 0 aliphatic carbocycles. The Morgan fingerprint density at radius 3 is 2.78 bits per heavy atom. The molecule has 1 aromatic rings. The molecular formula is C14H18FNO2. The van der Waals surface area contributed by atoms with E-state index in [1.54, 1.807) is 18.2 Å². The first-order valence-corrected chi connectivity index (χ1v) is 6.17. The van der Waals surface area contributed by atoms with Crippen LogP contribution in [0.4, 0.5) is 10.1 Å². The summed E-state index contributed by atoms with van der Waals surface area (Å²) in [6, 6.07) is 6.66. The van der Waals surface area contributed by atoms with Gasteiger partial charge in [0.2, 0.25) is 0 Å². The molecule has 1 atom stereocenters. The molecule has 3 nitrogen and oxygen atoms in total. The van der Waals surface area contributed by atoms with Crippen molar-refractivity contribution in [3.63, 3.8) is 0 Å². The maximum absolute atomic E-state index is 13.8. The average Bonchev–Trinajstić information content (AvgIpc) is 2.55. The Morgan fingerprint density at radius 1 is 1.50 bits per heavy atom. The van der Waals surface area contributed by atoms with Crippen LogP contribution in [0.5, 0.6) is 0 Å². The highest BCUT2D eigenvalue weighted by atomic mass is 19.1. The number of nitrogens with zero attached hydrogens (tertiary/aromatic N) is 1. The Hall–Kier alpha value is -1.58. The number of hydrogen-bond acceptors (Lipinski definition) is 2. The zero-order chi connectivity index (χ0) is 13.3. The van der Waals surface area contributed by atoms with E-state index in [2.05, 4.69) is 0 Å². The van der Waals surface area contributed by atoms with E-state index in [0.29, 0.717) is 12.2 Å². The average molecular weight is 251 g/mol. The van der Waals surface area contributed by atoms with E-state index in [-0.39, 0.29) is 23.7 Å². The van der Waals surface area contributed by atoms with Gasteiger partial charge < -0.3 is 10.0 Å². The molecule has 0 amide bonds. The van der Waals surface area contributed by atoms with E-state index >= 15 is 0 Å². The second kappa shape index (κ2) is 4.59. The number of para-hydroxylation sites is 1. The number of hydrogen-bond donors (Lipinski definition) is 1. The van der Waals surface area contributed by atoms with Gasteiger partial charge in [-0.3, -0.25) is 4.79 Å². The SMILES string of the molecule is CC1(C)C(CC(=O)O)CCN1c1ccccc1F. The van der Waals surface area contributed by atoms with Crippen molar-refractivity contribution in [2.75, 3.05) is 11.4 Å².